The summed E-state index contributed by atoms with van der Waals surface area (Å²) in [6, 6.07) is 8.55. The summed E-state index contributed by atoms with van der Waals surface area (Å²) < 4.78 is 0. The first-order valence-electron chi connectivity index (χ1n) is 6.33. The van der Waals surface area contributed by atoms with Gasteiger partial charge in [-0.05, 0) is 24.0 Å². The van der Waals surface area contributed by atoms with Gasteiger partial charge in [-0.1, -0.05) is 35.9 Å². The molecule has 0 fully saturated rings. The Hall–Kier alpha value is -1.81. The Morgan fingerprint density at radius 3 is 2.32 bits per heavy atom. The summed E-state index contributed by atoms with van der Waals surface area (Å²) in [7, 11) is 0. The van der Waals surface area contributed by atoms with Gasteiger partial charge in [0.05, 0.1) is 0 Å². The highest BCUT2D eigenvalue weighted by molar-refractivity contribution is 6.32. The van der Waals surface area contributed by atoms with Crippen LogP contribution in [-0.2, 0) is 12.8 Å². The summed E-state index contributed by atoms with van der Waals surface area (Å²) in [5.74, 6) is 0.743. The number of rotatable bonds is 1. The van der Waals surface area contributed by atoms with Crippen LogP contribution < -0.4 is 10.6 Å². The van der Waals surface area contributed by atoms with Gasteiger partial charge in [-0.15, -0.1) is 0 Å². The zero-order chi connectivity index (χ0) is 13.2. The number of benzene rings is 1. The maximum absolute atomic E-state index is 5.97. The average Bonchev–Trinajstić information content (AvgIpc) is 2.65. The van der Waals surface area contributed by atoms with Crippen molar-refractivity contribution in [3.8, 4) is 0 Å². The molecule has 0 radical (unpaired) electrons. The monoisotopic (exact) mass is 274 g/mol. The average molecular weight is 275 g/mol. The van der Waals surface area contributed by atoms with Gasteiger partial charge in [0.2, 0.25) is 0 Å². The molecule has 1 aliphatic rings. The summed E-state index contributed by atoms with van der Waals surface area (Å²) in [5, 5.41) is 0.326. The fourth-order valence-electron chi connectivity index (χ4n) is 2.50. The van der Waals surface area contributed by atoms with Gasteiger partial charge < -0.3 is 10.6 Å². The van der Waals surface area contributed by atoms with Crippen molar-refractivity contribution in [3.05, 3.63) is 46.9 Å². The first-order valence-corrected chi connectivity index (χ1v) is 6.71. The Morgan fingerprint density at radius 2 is 1.68 bits per heavy atom. The molecule has 3 rings (SSSR count). The number of nitrogen functional groups attached to an aromatic ring is 1. The second-order valence-electron chi connectivity index (χ2n) is 4.66. The Balaban J connectivity index is 1.88. The van der Waals surface area contributed by atoms with Gasteiger partial charge in [0.1, 0.15) is 12.0 Å². The van der Waals surface area contributed by atoms with Crippen molar-refractivity contribution in [3.63, 3.8) is 0 Å². The molecule has 4 nitrogen and oxygen atoms in total. The molecular weight excluding hydrogens is 260 g/mol. The van der Waals surface area contributed by atoms with Crippen molar-refractivity contribution in [1.82, 2.24) is 9.97 Å². The minimum atomic E-state index is 0.326. The molecule has 0 saturated carbocycles. The third-order valence-electron chi connectivity index (χ3n) is 3.53. The van der Waals surface area contributed by atoms with E-state index < -0.39 is 0 Å². The van der Waals surface area contributed by atoms with Crippen LogP contribution in [-0.4, -0.2) is 23.1 Å². The molecule has 0 unspecified atom stereocenters. The SMILES string of the molecule is Nc1c(Cl)ncnc1N1CCc2ccccc2CC1. The maximum atomic E-state index is 5.97. The van der Waals surface area contributed by atoms with E-state index in [0.717, 1.165) is 31.7 Å². The Bertz CT molecular complexity index is 573. The van der Waals surface area contributed by atoms with E-state index in [-0.39, 0.29) is 0 Å². The zero-order valence-corrected chi connectivity index (χ0v) is 11.3. The van der Waals surface area contributed by atoms with Crippen LogP contribution in [0.1, 0.15) is 11.1 Å². The normalized spacial score (nSPS) is 14.9. The number of nitrogens with two attached hydrogens (primary N) is 1. The number of aromatic nitrogens is 2. The highest BCUT2D eigenvalue weighted by atomic mass is 35.5. The Morgan fingerprint density at radius 1 is 1.05 bits per heavy atom. The summed E-state index contributed by atoms with van der Waals surface area (Å²) in [6.07, 6.45) is 3.46. The highest BCUT2D eigenvalue weighted by Crippen LogP contribution is 2.27. The number of hydrogen-bond acceptors (Lipinski definition) is 4. The molecule has 0 saturated heterocycles. The minimum Gasteiger partial charge on any atom is -0.393 e. The van der Waals surface area contributed by atoms with E-state index in [9.17, 15) is 0 Å². The van der Waals surface area contributed by atoms with Gasteiger partial charge in [-0.25, -0.2) is 9.97 Å². The van der Waals surface area contributed by atoms with Crippen LogP contribution in [0.25, 0.3) is 0 Å². The van der Waals surface area contributed by atoms with E-state index in [4.69, 9.17) is 17.3 Å². The summed E-state index contributed by atoms with van der Waals surface area (Å²) in [4.78, 5) is 10.4. The van der Waals surface area contributed by atoms with Crippen molar-refractivity contribution in [1.29, 1.82) is 0 Å². The molecular formula is C14H15ClN4. The van der Waals surface area contributed by atoms with E-state index in [1.165, 1.54) is 17.5 Å². The first kappa shape index (κ1) is 12.2. The lowest BCUT2D eigenvalue weighted by molar-refractivity contribution is 0.790. The Kier molecular flexibility index (Phi) is 3.25. The van der Waals surface area contributed by atoms with Crippen LogP contribution in [0.2, 0.25) is 5.15 Å². The standard InChI is InChI=1S/C14H15ClN4/c15-13-12(16)14(18-9-17-13)19-7-5-10-3-1-2-4-11(10)6-8-19/h1-4,9H,5-8,16H2. The van der Waals surface area contributed by atoms with Crippen LogP contribution in [0.5, 0.6) is 0 Å². The van der Waals surface area contributed by atoms with Crippen molar-refractivity contribution in [2.75, 3.05) is 23.7 Å². The largest absolute Gasteiger partial charge is 0.393 e. The number of hydrogen-bond donors (Lipinski definition) is 1. The molecule has 1 aromatic carbocycles. The van der Waals surface area contributed by atoms with Crippen LogP contribution in [0.4, 0.5) is 11.5 Å². The fourth-order valence-corrected chi connectivity index (χ4v) is 2.63. The summed E-state index contributed by atoms with van der Waals surface area (Å²) >= 11 is 5.96. The smallest absolute Gasteiger partial charge is 0.157 e. The maximum Gasteiger partial charge on any atom is 0.157 e. The number of fused-ring (bicyclic) bond motifs is 1. The molecule has 0 bridgehead atoms. The predicted octanol–water partition coefficient (Wildman–Crippen LogP) is 2.32. The Labute approximate surface area is 117 Å². The number of nitrogens with zero attached hydrogens (tertiary/aromatic N) is 3. The topological polar surface area (TPSA) is 55.0 Å². The molecule has 0 spiro atoms. The fraction of sp³-hybridized carbons (Fsp3) is 0.286. The molecule has 0 atom stereocenters. The lowest BCUT2D eigenvalue weighted by Crippen LogP contribution is -2.28. The molecule has 1 aliphatic heterocycles. The van der Waals surface area contributed by atoms with Crippen LogP contribution in [0, 0.1) is 0 Å². The first-order chi connectivity index (χ1) is 9.25. The van der Waals surface area contributed by atoms with Crippen molar-refractivity contribution in [2.45, 2.75) is 12.8 Å². The van der Waals surface area contributed by atoms with Gasteiger partial charge in [-0.2, -0.15) is 0 Å². The van der Waals surface area contributed by atoms with E-state index in [2.05, 4.69) is 39.1 Å². The molecule has 2 N–H and O–H groups in total. The van der Waals surface area contributed by atoms with Crippen molar-refractivity contribution >= 4 is 23.1 Å². The van der Waals surface area contributed by atoms with Gasteiger partial charge in [0, 0.05) is 13.1 Å². The predicted molar refractivity (Wildman–Crippen MR) is 77.5 cm³/mol. The lowest BCUT2D eigenvalue weighted by Gasteiger charge is -2.22. The third kappa shape index (κ3) is 2.36. The highest BCUT2D eigenvalue weighted by Gasteiger charge is 2.18. The van der Waals surface area contributed by atoms with Gasteiger partial charge in [-0.3, -0.25) is 0 Å². The molecule has 19 heavy (non-hydrogen) atoms. The lowest BCUT2D eigenvalue weighted by atomic mass is 10.0. The number of anilines is 2. The summed E-state index contributed by atoms with van der Waals surface area (Å²) in [6.45, 7) is 1.79. The van der Waals surface area contributed by atoms with Crippen molar-refractivity contribution < 1.29 is 0 Å². The third-order valence-corrected chi connectivity index (χ3v) is 3.84. The molecule has 2 aromatic rings. The second kappa shape index (κ2) is 5.05. The van der Waals surface area contributed by atoms with Gasteiger partial charge in [0.15, 0.2) is 11.0 Å². The van der Waals surface area contributed by atoms with Crippen LogP contribution in [0.15, 0.2) is 30.6 Å². The minimum absolute atomic E-state index is 0.326. The van der Waals surface area contributed by atoms with E-state index in [1.807, 2.05) is 0 Å². The molecule has 0 amide bonds. The van der Waals surface area contributed by atoms with Gasteiger partial charge in [0.25, 0.3) is 0 Å². The molecule has 98 valence electrons. The molecule has 1 aromatic heterocycles. The summed E-state index contributed by atoms with van der Waals surface area (Å²) in [5.41, 5.74) is 9.25. The number of halogens is 1. The molecule has 5 heteroatoms. The van der Waals surface area contributed by atoms with E-state index in [1.54, 1.807) is 0 Å². The zero-order valence-electron chi connectivity index (χ0n) is 10.5. The van der Waals surface area contributed by atoms with Crippen molar-refractivity contribution in [2.24, 2.45) is 0 Å². The van der Waals surface area contributed by atoms with E-state index >= 15 is 0 Å². The van der Waals surface area contributed by atoms with Crippen LogP contribution in [0.3, 0.4) is 0 Å². The van der Waals surface area contributed by atoms with Crippen LogP contribution >= 0.6 is 11.6 Å². The quantitative estimate of drug-likeness (QED) is 0.811. The van der Waals surface area contributed by atoms with Gasteiger partial charge >= 0.3 is 0 Å². The molecule has 2 heterocycles. The van der Waals surface area contributed by atoms with E-state index in [0.29, 0.717) is 10.8 Å². The second-order valence-corrected chi connectivity index (χ2v) is 5.02. The molecule has 0 aliphatic carbocycles.